The maximum atomic E-state index is 12.6. The minimum Gasteiger partial charge on any atom is -0.497 e. The zero-order valence-corrected chi connectivity index (χ0v) is 19.7. The fourth-order valence-corrected chi connectivity index (χ4v) is 4.90. The second-order valence-electron chi connectivity index (χ2n) is 8.86. The number of carboxylic acid groups (broad SMARTS) is 1. The number of fused-ring (bicyclic) bond motifs is 1. The fourth-order valence-electron chi connectivity index (χ4n) is 4.90. The van der Waals surface area contributed by atoms with Crippen LogP contribution in [0.15, 0.2) is 42.5 Å². The molecule has 8 nitrogen and oxygen atoms in total. The summed E-state index contributed by atoms with van der Waals surface area (Å²) >= 11 is 0. The second kappa shape index (κ2) is 10.8. The first-order chi connectivity index (χ1) is 16.5. The van der Waals surface area contributed by atoms with Gasteiger partial charge in [-0.3, -0.25) is 14.5 Å². The third-order valence-corrected chi connectivity index (χ3v) is 6.65. The van der Waals surface area contributed by atoms with Crippen molar-refractivity contribution >= 4 is 11.9 Å². The topological polar surface area (TPSA) is 97.3 Å². The summed E-state index contributed by atoms with van der Waals surface area (Å²) in [6.07, 6.45) is 1.94. The molecule has 3 atom stereocenters. The number of nitrogens with one attached hydrogen (secondary N) is 1. The van der Waals surface area contributed by atoms with E-state index in [0.717, 1.165) is 24.0 Å². The Labute approximate surface area is 199 Å². The number of hydrogen-bond donors (Lipinski definition) is 2. The van der Waals surface area contributed by atoms with Gasteiger partial charge in [-0.1, -0.05) is 31.5 Å². The number of amides is 1. The van der Waals surface area contributed by atoms with E-state index in [2.05, 4.69) is 17.1 Å². The van der Waals surface area contributed by atoms with E-state index in [1.165, 1.54) is 0 Å². The molecule has 2 aromatic rings. The smallest absolute Gasteiger partial charge is 0.307 e. The molecular formula is C26H32N2O6. The van der Waals surface area contributed by atoms with Gasteiger partial charge in [-0.2, -0.15) is 0 Å². The Hall–Kier alpha value is -3.26. The summed E-state index contributed by atoms with van der Waals surface area (Å²) in [7, 11) is 1.60. The lowest BCUT2D eigenvalue weighted by Crippen LogP contribution is -2.49. The Morgan fingerprint density at radius 2 is 1.74 bits per heavy atom. The Balaban J connectivity index is 1.65. The van der Waals surface area contributed by atoms with Crippen molar-refractivity contribution in [3.05, 3.63) is 53.6 Å². The number of carboxylic acids is 1. The molecule has 2 aromatic carbocycles. The predicted molar refractivity (Wildman–Crippen MR) is 127 cm³/mol. The molecule has 2 aliphatic heterocycles. The Bertz CT molecular complexity index is 1010. The number of piperidine rings is 1. The average Bonchev–Trinajstić information content (AvgIpc) is 3.31. The van der Waals surface area contributed by atoms with E-state index >= 15 is 0 Å². The Kier molecular flexibility index (Phi) is 7.57. The zero-order valence-electron chi connectivity index (χ0n) is 19.7. The third kappa shape index (κ3) is 5.28. The van der Waals surface area contributed by atoms with Crippen LogP contribution in [0.25, 0.3) is 0 Å². The third-order valence-electron chi connectivity index (χ3n) is 6.65. The molecule has 4 rings (SSSR count). The zero-order chi connectivity index (χ0) is 24.1. The molecule has 0 spiro atoms. The lowest BCUT2D eigenvalue weighted by atomic mass is 9.71. The number of ether oxygens (including phenoxy) is 3. The second-order valence-corrected chi connectivity index (χ2v) is 8.86. The van der Waals surface area contributed by atoms with Crippen LogP contribution < -0.4 is 19.5 Å². The number of hydrogen-bond acceptors (Lipinski definition) is 6. The van der Waals surface area contributed by atoms with E-state index in [1.54, 1.807) is 7.11 Å². The lowest BCUT2D eigenvalue weighted by Gasteiger charge is -2.42. The maximum absolute atomic E-state index is 12.6. The molecule has 0 bridgehead atoms. The van der Waals surface area contributed by atoms with Crippen molar-refractivity contribution < 1.29 is 28.9 Å². The number of nitrogens with zero attached hydrogens (tertiary/aromatic N) is 1. The summed E-state index contributed by atoms with van der Waals surface area (Å²) in [5, 5.41) is 13.3. The molecule has 3 unspecified atom stereocenters. The van der Waals surface area contributed by atoms with Crippen LogP contribution in [0.5, 0.6) is 17.2 Å². The van der Waals surface area contributed by atoms with Gasteiger partial charge >= 0.3 is 5.97 Å². The summed E-state index contributed by atoms with van der Waals surface area (Å²) in [4.78, 5) is 27.3. The highest BCUT2D eigenvalue weighted by molar-refractivity contribution is 5.78. The van der Waals surface area contributed by atoms with E-state index in [9.17, 15) is 14.7 Å². The summed E-state index contributed by atoms with van der Waals surface area (Å²) in [6, 6.07) is 13.1. The van der Waals surface area contributed by atoms with Crippen molar-refractivity contribution in [2.75, 3.05) is 40.1 Å². The monoisotopic (exact) mass is 468 g/mol. The van der Waals surface area contributed by atoms with E-state index in [1.807, 2.05) is 42.5 Å². The molecule has 182 valence electrons. The van der Waals surface area contributed by atoms with Crippen molar-refractivity contribution in [1.82, 2.24) is 10.2 Å². The molecule has 8 heteroatoms. The summed E-state index contributed by atoms with van der Waals surface area (Å²) < 4.78 is 16.3. The van der Waals surface area contributed by atoms with Gasteiger partial charge in [0.15, 0.2) is 11.5 Å². The molecule has 2 aliphatic rings. The van der Waals surface area contributed by atoms with E-state index in [0.29, 0.717) is 36.9 Å². The molecule has 2 N–H and O–H groups in total. The number of unbranched alkanes of at least 4 members (excludes halogenated alkanes) is 1. The van der Waals surface area contributed by atoms with Crippen molar-refractivity contribution in [2.45, 2.75) is 31.6 Å². The first kappa shape index (κ1) is 23.9. The molecular weight excluding hydrogens is 436 g/mol. The van der Waals surface area contributed by atoms with Gasteiger partial charge in [-0.15, -0.1) is 0 Å². The van der Waals surface area contributed by atoms with Crippen LogP contribution in [0.1, 0.15) is 42.7 Å². The first-order valence-corrected chi connectivity index (χ1v) is 11.8. The van der Waals surface area contributed by atoms with Crippen molar-refractivity contribution in [3.8, 4) is 17.2 Å². The molecule has 1 saturated heterocycles. The van der Waals surface area contributed by atoms with Crippen LogP contribution in [0.4, 0.5) is 0 Å². The largest absolute Gasteiger partial charge is 0.497 e. The van der Waals surface area contributed by atoms with Crippen LogP contribution in [0.2, 0.25) is 0 Å². The van der Waals surface area contributed by atoms with Crippen molar-refractivity contribution in [1.29, 1.82) is 0 Å². The van der Waals surface area contributed by atoms with E-state index < -0.39 is 11.9 Å². The minimum absolute atomic E-state index is 0.0415. The van der Waals surface area contributed by atoms with Crippen LogP contribution >= 0.6 is 0 Å². The van der Waals surface area contributed by atoms with Gasteiger partial charge in [0.25, 0.3) is 0 Å². The highest BCUT2D eigenvalue weighted by atomic mass is 16.7. The number of benzene rings is 2. The number of aliphatic carboxylic acids is 1. The summed E-state index contributed by atoms with van der Waals surface area (Å²) in [5.41, 5.74) is 1.78. The van der Waals surface area contributed by atoms with Crippen LogP contribution in [-0.4, -0.2) is 62.0 Å². The summed E-state index contributed by atoms with van der Waals surface area (Å²) in [6.45, 7) is 4.05. The SMILES string of the molecule is CCCCNC(=O)CN1CC(c2ccc(OC)cc2)C(C(=O)O)C(c2ccc3c(c2)OCO3)C1. The normalized spacial score (nSPS) is 21.8. The number of likely N-dealkylation sites (tertiary alicyclic amines) is 1. The molecule has 34 heavy (non-hydrogen) atoms. The van der Waals surface area contributed by atoms with Crippen molar-refractivity contribution in [3.63, 3.8) is 0 Å². The van der Waals surface area contributed by atoms with E-state index in [-0.39, 0.29) is 31.1 Å². The fraction of sp³-hybridized carbons (Fsp3) is 0.462. The first-order valence-electron chi connectivity index (χ1n) is 11.8. The molecule has 1 amide bonds. The standard InChI is InChI=1S/C26H32N2O6/c1-3-4-11-27-24(29)15-28-13-20(17-5-8-19(32-2)9-6-17)25(26(30)31)21(14-28)18-7-10-22-23(12-18)34-16-33-22/h5-10,12,20-21,25H,3-4,11,13-16H2,1-2H3,(H,27,29)(H,30,31). The van der Waals surface area contributed by atoms with Crippen LogP contribution in [0, 0.1) is 5.92 Å². The van der Waals surface area contributed by atoms with Gasteiger partial charge in [0.2, 0.25) is 12.7 Å². The van der Waals surface area contributed by atoms with Crippen LogP contribution in [-0.2, 0) is 9.59 Å². The summed E-state index contributed by atoms with van der Waals surface area (Å²) in [5.74, 6) is -0.176. The Morgan fingerprint density at radius 3 is 2.41 bits per heavy atom. The molecule has 1 fully saturated rings. The molecule has 2 heterocycles. The number of carbonyl (C=O) groups excluding carboxylic acids is 1. The van der Waals surface area contributed by atoms with Gasteiger partial charge in [0.05, 0.1) is 19.6 Å². The number of rotatable bonds is 9. The quantitative estimate of drug-likeness (QED) is 0.546. The molecule has 0 radical (unpaired) electrons. The maximum Gasteiger partial charge on any atom is 0.307 e. The lowest BCUT2D eigenvalue weighted by molar-refractivity contribution is -0.145. The number of carbonyl (C=O) groups is 2. The van der Waals surface area contributed by atoms with Gasteiger partial charge in [0, 0.05) is 31.5 Å². The molecule has 0 aliphatic carbocycles. The van der Waals surface area contributed by atoms with E-state index in [4.69, 9.17) is 14.2 Å². The van der Waals surface area contributed by atoms with Gasteiger partial charge in [-0.05, 0) is 41.8 Å². The van der Waals surface area contributed by atoms with Gasteiger partial charge in [-0.25, -0.2) is 0 Å². The van der Waals surface area contributed by atoms with Crippen molar-refractivity contribution in [2.24, 2.45) is 5.92 Å². The molecule has 0 saturated carbocycles. The predicted octanol–water partition coefficient (Wildman–Crippen LogP) is 3.22. The molecule has 0 aromatic heterocycles. The highest BCUT2D eigenvalue weighted by Crippen LogP contribution is 2.44. The Morgan fingerprint density at radius 1 is 1.06 bits per heavy atom. The number of methoxy groups -OCH3 is 1. The minimum atomic E-state index is -0.851. The van der Waals surface area contributed by atoms with Crippen LogP contribution in [0.3, 0.4) is 0 Å². The van der Waals surface area contributed by atoms with Gasteiger partial charge < -0.3 is 24.6 Å². The average molecular weight is 469 g/mol. The highest BCUT2D eigenvalue weighted by Gasteiger charge is 2.43. The van der Waals surface area contributed by atoms with Gasteiger partial charge in [0.1, 0.15) is 5.75 Å².